The normalized spacial score (nSPS) is 21.5. The van der Waals surface area contributed by atoms with Gasteiger partial charge in [0.05, 0.1) is 38.7 Å². The van der Waals surface area contributed by atoms with Gasteiger partial charge in [0.25, 0.3) is 5.88 Å². The summed E-state index contributed by atoms with van der Waals surface area (Å²) in [5.41, 5.74) is 1.78. The van der Waals surface area contributed by atoms with E-state index in [4.69, 9.17) is 18.9 Å². The van der Waals surface area contributed by atoms with Gasteiger partial charge in [-0.05, 0) is 6.07 Å². The summed E-state index contributed by atoms with van der Waals surface area (Å²) < 4.78 is 25.7. The highest BCUT2D eigenvalue weighted by Gasteiger charge is 2.33. The zero-order valence-electron chi connectivity index (χ0n) is 16.6. The lowest BCUT2D eigenvalue weighted by molar-refractivity contribution is -0.0812. The fourth-order valence-corrected chi connectivity index (χ4v) is 3.68. The highest BCUT2D eigenvalue weighted by molar-refractivity contribution is 5.79. The van der Waals surface area contributed by atoms with Gasteiger partial charge in [-0.25, -0.2) is 4.98 Å². The highest BCUT2D eigenvalue weighted by atomic mass is 16.6. The van der Waals surface area contributed by atoms with Crippen molar-refractivity contribution in [1.82, 2.24) is 24.3 Å². The molecular weight excluding hydrogens is 390 g/mol. The Morgan fingerprint density at radius 2 is 2.10 bits per heavy atom. The number of ether oxygens (including phenoxy) is 4. The summed E-state index contributed by atoms with van der Waals surface area (Å²) in [6.45, 7) is 2.02. The number of nitrogens with one attached hydrogen (secondary N) is 1. The summed E-state index contributed by atoms with van der Waals surface area (Å²) in [5.74, 6) is 0.841. The molecule has 30 heavy (non-hydrogen) atoms. The molecule has 11 nitrogen and oxygen atoms in total. The molecule has 0 unspecified atom stereocenters. The van der Waals surface area contributed by atoms with Crippen molar-refractivity contribution in [2.24, 2.45) is 7.05 Å². The number of methoxy groups -OCH3 is 1. The van der Waals surface area contributed by atoms with Crippen molar-refractivity contribution in [3.8, 4) is 11.9 Å². The van der Waals surface area contributed by atoms with Crippen molar-refractivity contribution in [2.75, 3.05) is 38.9 Å². The second-order valence-electron chi connectivity index (χ2n) is 7.29. The third-order valence-electron chi connectivity index (χ3n) is 5.25. The van der Waals surface area contributed by atoms with E-state index in [9.17, 15) is 5.26 Å². The third kappa shape index (κ3) is 3.24. The summed E-state index contributed by atoms with van der Waals surface area (Å²) >= 11 is 0. The van der Waals surface area contributed by atoms with Gasteiger partial charge < -0.3 is 28.8 Å². The summed E-state index contributed by atoms with van der Waals surface area (Å²) in [6, 6.07) is 3.88. The summed E-state index contributed by atoms with van der Waals surface area (Å²) in [4.78, 5) is 9.07. The van der Waals surface area contributed by atoms with Crippen molar-refractivity contribution < 1.29 is 18.9 Å². The molecule has 2 fully saturated rings. The molecule has 0 radical (unpaired) electrons. The Hall–Kier alpha value is -3.20. The van der Waals surface area contributed by atoms with Gasteiger partial charge in [0, 0.05) is 25.7 Å². The maximum absolute atomic E-state index is 9.64. The molecule has 2 atom stereocenters. The van der Waals surface area contributed by atoms with Crippen LogP contribution in [0.5, 0.6) is 5.88 Å². The Kier molecular flexibility index (Phi) is 4.74. The predicted octanol–water partition coefficient (Wildman–Crippen LogP) is 1.14. The van der Waals surface area contributed by atoms with Gasteiger partial charge >= 0.3 is 0 Å². The number of aryl methyl sites for hydroxylation is 1. The van der Waals surface area contributed by atoms with E-state index >= 15 is 0 Å². The summed E-state index contributed by atoms with van der Waals surface area (Å²) in [5, 5.41) is 17.9. The van der Waals surface area contributed by atoms with Gasteiger partial charge in [-0.2, -0.15) is 10.2 Å². The average Bonchev–Trinajstić information content (AvgIpc) is 3.40. The molecule has 0 spiro atoms. The number of hydrogen-bond acceptors (Lipinski definition) is 9. The second kappa shape index (κ2) is 7.56. The average molecular weight is 411 g/mol. The Bertz CT molecular complexity index is 1110. The zero-order chi connectivity index (χ0) is 20.7. The Morgan fingerprint density at radius 1 is 1.27 bits per heavy atom. The van der Waals surface area contributed by atoms with Crippen molar-refractivity contribution in [2.45, 2.75) is 18.2 Å². The minimum absolute atomic E-state index is 0.00684. The molecule has 1 N–H and O–H groups in total. The van der Waals surface area contributed by atoms with E-state index in [0.29, 0.717) is 55.3 Å². The van der Waals surface area contributed by atoms with Gasteiger partial charge in [0.1, 0.15) is 35.3 Å². The molecule has 0 aliphatic carbocycles. The first-order chi connectivity index (χ1) is 14.7. The fraction of sp³-hybridized carbons (Fsp3) is 0.474. The van der Waals surface area contributed by atoms with Crippen LogP contribution in [0.2, 0.25) is 0 Å². The second-order valence-corrected chi connectivity index (χ2v) is 7.29. The van der Waals surface area contributed by atoms with Crippen LogP contribution in [0.15, 0.2) is 18.5 Å². The van der Waals surface area contributed by atoms with Gasteiger partial charge in [-0.3, -0.25) is 4.68 Å². The maximum atomic E-state index is 9.64. The molecule has 156 valence electrons. The molecule has 2 aliphatic rings. The van der Waals surface area contributed by atoms with E-state index < -0.39 is 0 Å². The van der Waals surface area contributed by atoms with Gasteiger partial charge in [-0.15, -0.1) is 5.10 Å². The predicted molar refractivity (Wildman–Crippen MR) is 105 cm³/mol. The van der Waals surface area contributed by atoms with Crippen molar-refractivity contribution in [3.05, 3.63) is 24.2 Å². The van der Waals surface area contributed by atoms with Crippen LogP contribution in [0, 0.1) is 11.3 Å². The highest BCUT2D eigenvalue weighted by Crippen LogP contribution is 2.31. The van der Waals surface area contributed by atoms with Crippen LogP contribution in [-0.2, 0) is 21.3 Å². The van der Waals surface area contributed by atoms with Crippen molar-refractivity contribution in [3.63, 3.8) is 0 Å². The van der Waals surface area contributed by atoms with Crippen LogP contribution >= 0.6 is 0 Å². The maximum Gasteiger partial charge on any atom is 0.257 e. The zero-order valence-corrected chi connectivity index (χ0v) is 16.6. The molecule has 5 rings (SSSR count). The first kappa shape index (κ1) is 18.8. The van der Waals surface area contributed by atoms with E-state index in [1.54, 1.807) is 30.3 Å². The SMILES string of the molecule is CO[C@@H]1COC[C@H]1n1c(C#N)cc2cnc(Nc3cn(C)nc3OC3COC3)nc21. The molecule has 5 heterocycles. The van der Waals surface area contributed by atoms with Gasteiger partial charge in [0.15, 0.2) is 0 Å². The molecule has 3 aromatic rings. The van der Waals surface area contributed by atoms with E-state index in [1.165, 1.54) is 0 Å². The smallest absolute Gasteiger partial charge is 0.257 e. The molecule has 11 heteroatoms. The van der Waals surface area contributed by atoms with Crippen LogP contribution in [0.3, 0.4) is 0 Å². The lowest BCUT2D eigenvalue weighted by Crippen LogP contribution is -2.38. The minimum atomic E-state index is -0.151. The monoisotopic (exact) mass is 411 g/mol. The summed E-state index contributed by atoms with van der Waals surface area (Å²) in [6.07, 6.45) is 3.33. The lowest BCUT2D eigenvalue weighted by Gasteiger charge is -2.25. The lowest BCUT2D eigenvalue weighted by atomic mass is 10.2. The number of fused-ring (bicyclic) bond motifs is 1. The molecule has 2 saturated heterocycles. The molecule has 0 amide bonds. The molecule has 0 bridgehead atoms. The van der Waals surface area contributed by atoms with Crippen LogP contribution in [0.25, 0.3) is 11.0 Å². The fourth-order valence-electron chi connectivity index (χ4n) is 3.68. The van der Waals surface area contributed by atoms with E-state index in [0.717, 1.165) is 5.39 Å². The standard InChI is InChI=1S/C19H21N7O4/c1-25-6-14(18(24-25)30-13-7-28-8-13)22-19-21-5-11-3-12(4-20)26(17(11)23-19)15-9-29-10-16(15)27-2/h3,5-6,13,15-16H,7-10H2,1-2H3,(H,21,22,23)/t15-,16-/m1/s1. The van der Waals surface area contributed by atoms with Crippen LogP contribution in [0.4, 0.5) is 11.6 Å². The number of nitriles is 1. The number of aromatic nitrogens is 5. The minimum Gasteiger partial charge on any atom is -0.467 e. The van der Waals surface area contributed by atoms with Crippen LogP contribution in [-0.4, -0.2) is 70.1 Å². The molecule has 3 aromatic heterocycles. The number of anilines is 2. The summed E-state index contributed by atoms with van der Waals surface area (Å²) in [7, 11) is 3.46. The van der Waals surface area contributed by atoms with E-state index in [-0.39, 0.29) is 18.2 Å². The van der Waals surface area contributed by atoms with Crippen molar-refractivity contribution >= 4 is 22.7 Å². The third-order valence-corrected chi connectivity index (χ3v) is 5.25. The van der Waals surface area contributed by atoms with E-state index in [2.05, 4.69) is 26.5 Å². The van der Waals surface area contributed by atoms with Gasteiger partial charge in [-0.1, -0.05) is 0 Å². The molecule has 2 aliphatic heterocycles. The van der Waals surface area contributed by atoms with Crippen molar-refractivity contribution in [1.29, 1.82) is 5.26 Å². The number of nitrogens with zero attached hydrogens (tertiary/aromatic N) is 6. The Balaban J connectivity index is 1.49. The molecule has 0 saturated carbocycles. The number of hydrogen-bond donors (Lipinski definition) is 1. The number of rotatable bonds is 6. The molecule has 0 aromatic carbocycles. The van der Waals surface area contributed by atoms with Crippen LogP contribution in [0.1, 0.15) is 11.7 Å². The molecular formula is C19H21N7O4. The van der Waals surface area contributed by atoms with Gasteiger partial charge in [0.2, 0.25) is 5.95 Å². The van der Waals surface area contributed by atoms with Crippen LogP contribution < -0.4 is 10.1 Å². The largest absolute Gasteiger partial charge is 0.467 e. The first-order valence-electron chi connectivity index (χ1n) is 9.60. The Labute approximate surface area is 172 Å². The van der Waals surface area contributed by atoms with E-state index in [1.807, 2.05) is 11.6 Å². The topological polar surface area (TPSA) is 121 Å². The first-order valence-corrected chi connectivity index (χ1v) is 9.60. The quantitative estimate of drug-likeness (QED) is 0.636. The Morgan fingerprint density at radius 3 is 2.83 bits per heavy atom.